The average molecular weight is 504 g/mol. The Morgan fingerprint density at radius 2 is 1.32 bits per heavy atom. The van der Waals surface area contributed by atoms with Crippen molar-refractivity contribution in [3.8, 4) is 0 Å². The van der Waals surface area contributed by atoms with Crippen LogP contribution in [0, 0.1) is 0 Å². The van der Waals surface area contributed by atoms with E-state index in [1.54, 1.807) is 30.3 Å². The van der Waals surface area contributed by atoms with Gasteiger partial charge in [-0.05, 0) is 29.7 Å². The summed E-state index contributed by atoms with van der Waals surface area (Å²) >= 11 is 0. The Bertz CT molecular complexity index is 1170. The van der Waals surface area contributed by atoms with Crippen LogP contribution in [0.2, 0.25) is 0 Å². The number of nitrogens with one attached hydrogen (secondary N) is 1. The summed E-state index contributed by atoms with van der Waals surface area (Å²) in [6, 6.07) is 26.0. The van der Waals surface area contributed by atoms with Crippen molar-refractivity contribution in [1.29, 1.82) is 0 Å². The zero-order valence-electron chi connectivity index (χ0n) is 20.2. The number of esters is 1. The van der Waals surface area contributed by atoms with Crippen LogP contribution in [-0.2, 0) is 36.9 Å². The Kier molecular flexibility index (Phi) is 10.6. The molecule has 192 valence electrons. The monoisotopic (exact) mass is 503 g/mol. The number of aliphatic carboxylic acids is 1. The molecule has 3 rings (SSSR count). The number of ketones is 1. The number of carboxylic acids is 1. The molecule has 37 heavy (non-hydrogen) atoms. The lowest BCUT2D eigenvalue weighted by molar-refractivity contribution is -0.168. The molecule has 2 atom stereocenters. The van der Waals surface area contributed by atoms with Crippen molar-refractivity contribution >= 4 is 23.6 Å². The van der Waals surface area contributed by atoms with Gasteiger partial charge in [0.05, 0.1) is 25.7 Å². The van der Waals surface area contributed by atoms with Gasteiger partial charge < -0.3 is 19.9 Å². The maximum Gasteiger partial charge on any atom is 0.347 e. The third-order valence-electron chi connectivity index (χ3n) is 5.52. The summed E-state index contributed by atoms with van der Waals surface area (Å²) in [6.07, 6.45) is -1.79. The summed E-state index contributed by atoms with van der Waals surface area (Å²) < 4.78 is 10.4. The summed E-state index contributed by atoms with van der Waals surface area (Å²) in [7, 11) is 0. The molecule has 0 heterocycles. The molecule has 0 saturated carbocycles. The third kappa shape index (κ3) is 9.35. The van der Waals surface area contributed by atoms with Crippen molar-refractivity contribution in [2.75, 3.05) is 6.61 Å². The standard InChI is InChI=1S/C29H29NO7/c31-25(16-17-27(32)37-26(29(34)35)20-36-19-22-12-6-2-7-13-22)24(18-21-10-4-1-5-11-21)30-28(33)23-14-8-3-9-15-23/h1-15,24,26H,16-20H2,(H,30,33)(H,34,35)/t24-,26-/m0/s1. The molecule has 0 unspecified atom stereocenters. The fraction of sp³-hybridized carbons (Fsp3) is 0.241. The van der Waals surface area contributed by atoms with Gasteiger partial charge in [-0.2, -0.15) is 0 Å². The fourth-order valence-corrected chi connectivity index (χ4v) is 3.56. The zero-order chi connectivity index (χ0) is 26.5. The molecule has 2 N–H and O–H groups in total. The van der Waals surface area contributed by atoms with Crippen molar-refractivity contribution in [3.63, 3.8) is 0 Å². The Hall–Kier alpha value is -4.30. The maximum atomic E-state index is 13.0. The van der Waals surface area contributed by atoms with E-state index in [9.17, 15) is 24.3 Å². The highest BCUT2D eigenvalue weighted by atomic mass is 16.6. The summed E-state index contributed by atoms with van der Waals surface area (Å²) in [5.41, 5.74) is 2.11. The van der Waals surface area contributed by atoms with E-state index >= 15 is 0 Å². The van der Waals surface area contributed by atoms with E-state index in [4.69, 9.17) is 9.47 Å². The molecular formula is C29H29NO7. The predicted octanol–water partition coefficient (Wildman–Crippen LogP) is 3.59. The number of carbonyl (C=O) groups excluding carboxylic acids is 3. The van der Waals surface area contributed by atoms with Crippen molar-refractivity contribution in [1.82, 2.24) is 5.32 Å². The SMILES string of the molecule is O=C(CCC(=O)[C@H](Cc1ccccc1)NC(=O)c1ccccc1)O[C@@H](COCc1ccccc1)C(=O)O. The molecule has 0 fully saturated rings. The third-order valence-corrected chi connectivity index (χ3v) is 5.52. The normalized spacial score (nSPS) is 12.2. The highest BCUT2D eigenvalue weighted by molar-refractivity contribution is 5.98. The second-order valence-electron chi connectivity index (χ2n) is 8.37. The first kappa shape index (κ1) is 27.3. The summed E-state index contributed by atoms with van der Waals surface area (Å²) in [5, 5.41) is 12.1. The van der Waals surface area contributed by atoms with Gasteiger partial charge in [0, 0.05) is 12.0 Å². The Morgan fingerprint density at radius 3 is 1.92 bits per heavy atom. The van der Waals surface area contributed by atoms with E-state index in [0.717, 1.165) is 11.1 Å². The molecule has 3 aromatic carbocycles. The van der Waals surface area contributed by atoms with Crippen LogP contribution in [0.1, 0.15) is 34.3 Å². The number of benzene rings is 3. The Balaban J connectivity index is 1.55. The van der Waals surface area contributed by atoms with E-state index in [1.807, 2.05) is 60.7 Å². The van der Waals surface area contributed by atoms with Crippen molar-refractivity contribution < 1.29 is 33.8 Å². The minimum Gasteiger partial charge on any atom is -0.478 e. The molecule has 0 spiro atoms. The number of carbonyl (C=O) groups is 4. The van der Waals surface area contributed by atoms with Gasteiger partial charge in [0.1, 0.15) is 0 Å². The van der Waals surface area contributed by atoms with E-state index in [0.29, 0.717) is 5.56 Å². The number of hydrogen-bond acceptors (Lipinski definition) is 6. The summed E-state index contributed by atoms with van der Waals surface area (Å²) in [5.74, 6) is -2.95. The second kappa shape index (κ2) is 14.3. The summed E-state index contributed by atoms with van der Waals surface area (Å²) in [4.78, 5) is 49.5. The number of Topliss-reactive ketones (excluding diaryl/α,β-unsaturated/α-hetero) is 1. The Labute approximate surface area is 215 Å². The van der Waals surface area contributed by atoms with Crippen LogP contribution in [0.25, 0.3) is 0 Å². The number of carboxylic acid groups (broad SMARTS) is 1. The van der Waals surface area contributed by atoms with Gasteiger partial charge in [0.2, 0.25) is 6.10 Å². The maximum absolute atomic E-state index is 13.0. The van der Waals surface area contributed by atoms with E-state index < -0.39 is 30.0 Å². The molecule has 0 aliphatic heterocycles. The minimum absolute atomic E-state index is 0.170. The number of amides is 1. The van der Waals surface area contributed by atoms with Crippen LogP contribution in [-0.4, -0.2) is 47.5 Å². The molecule has 0 radical (unpaired) electrons. The predicted molar refractivity (Wildman–Crippen MR) is 136 cm³/mol. The van der Waals surface area contributed by atoms with Gasteiger partial charge in [-0.25, -0.2) is 4.79 Å². The van der Waals surface area contributed by atoms with Crippen LogP contribution in [0.3, 0.4) is 0 Å². The highest BCUT2D eigenvalue weighted by Gasteiger charge is 2.26. The lowest BCUT2D eigenvalue weighted by Gasteiger charge is -2.18. The first-order chi connectivity index (χ1) is 17.9. The van der Waals surface area contributed by atoms with E-state index in [1.165, 1.54) is 0 Å². The van der Waals surface area contributed by atoms with Gasteiger partial charge in [-0.15, -0.1) is 0 Å². The molecule has 0 bridgehead atoms. The van der Waals surface area contributed by atoms with Crippen molar-refractivity contribution in [3.05, 3.63) is 108 Å². The topological polar surface area (TPSA) is 119 Å². The van der Waals surface area contributed by atoms with Crippen molar-refractivity contribution in [2.45, 2.75) is 38.0 Å². The molecular weight excluding hydrogens is 474 g/mol. The highest BCUT2D eigenvalue weighted by Crippen LogP contribution is 2.10. The van der Waals surface area contributed by atoms with Gasteiger partial charge in [-0.3, -0.25) is 14.4 Å². The van der Waals surface area contributed by atoms with Gasteiger partial charge in [-0.1, -0.05) is 78.9 Å². The van der Waals surface area contributed by atoms with E-state index in [-0.39, 0.29) is 38.3 Å². The van der Waals surface area contributed by atoms with Crippen LogP contribution < -0.4 is 5.32 Å². The van der Waals surface area contributed by atoms with Gasteiger partial charge in [0.25, 0.3) is 5.91 Å². The van der Waals surface area contributed by atoms with Crippen molar-refractivity contribution in [2.24, 2.45) is 0 Å². The molecule has 8 heteroatoms. The largest absolute Gasteiger partial charge is 0.478 e. The lowest BCUT2D eigenvalue weighted by Crippen LogP contribution is -2.42. The molecule has 0 aliphatic carbocycles. The van der Waals surface area contributed by atoms with E-state index in [2.05, 4.69) is 5.32 Å². The van der Waals surface area contributed by atoms with Crippen LogP contribution >= 0.6 is 0 Å². The molecule has 1 amide bonds. The number of hydrogen-bond donors (Lipinski definition) is 2. The molecule has 0 aromatic heterocycles. The first-order valence-electron chi connectivity index (χ1n) is 11.9. The average Bonchev–Trinajstić information content (AvgIpc) is 2.92. The summed E-state index contributed by atoms with van der Waals surface area (Å²) in [6.45, 7) is -0.156. The van der Waals surface area contributed by atoms with Crippen LogP contribution in [0.5, 0.6) is 0 Å². The number of rotatable bonds is 14. The van der Waals surface area contributed by atoms with Crippen LogP contribution in [0.4, 0.5) is 0 Å². The molecule has 0 saturated heterocycles. The number of ether oxygens (including phenoxy) is 2. The lowest BCUT2D eigenvalue weighted by atomic mass is 9.99. The molecule has 0 aliphatic rings. The molecule has 3 aromatic rings. The second-order valence-corrected chi connectivity index (χ2v) is 8.37. The smallest absolute Gasteiger partial charge is 0.347 e. The molecule has 8 nitrogen and oxygen atoms in total. The Morgan fingerprint density at radius 1 is 0.757 bits per heavy atom. The van der Waals surface area contributed by atoms with Crippen LogP contribution in [0.15, 0.2) is 91.0 Å². The quantitative estimate of drug-likeness (QED) is 0.323. The fourth-order valence-electron chi connectivity index (χ4n) is 3.56. The first-order valence-corrected chi connectivity index (χ1v) is 11.9. The van der Waals surface area contributed by atoms with Gasteiger partial charge >= 0.3 is 11.9 Å². The minimum atomic E-state index is -1.50. The van der Waals surface area contributed by atoms with Gasteiger partial charge in [0.15, 0.2) is 5.78 Å². The zero-order valence-corrected chi connectivity index (χ0v) is 20.2.